The van der Waals surface area contributed by atoms with Crippen molar-refractivity contribution in [3.8, 4) is 0 Å². The highest BCUT2D eigenvalue weighted by Gasteiger charge is 2.12. The minimum atomic E-state index is 0.257. The zero-order valence-electron chi connectivity index (χ0n) is 6.34. The number of hydrogen-bond donors (Lipinski definition) is 1. The van der Waals surface area contributed by atoms with Crippen LogP contribution >= 0.6 is 0 Å². The lowest BCUT2D eigenvalue weighted by Crippen LogP contribution is -2.09. The molecule has 1 N–H and O–H groups in total. The average molecular weight is 142 g/mol. The van der Waals surface area contributed by atoms with Crippen LogP contribution in [0.4, 0.5) is 0 Å². The molecule has 0 radical (unpaired) electrons. The third-order valence-electron chi connectivity index (χ3n) is 1.92. The first-order valence-electron chi connectivity index (χ1n) is 3.72. The molecule has 0 fully saturated rings. The van der Waals surface area contributed by atoms with Gasteiger partial charge >= 0.3 is 0 Å². The van der Waals surface area contributed by atoms with E-state index in [1.807, 2.05) is 6.08 Å². The topological polar surface area (TPSA) is 29.5 Å². The predicted octanol–water partition coefficient (Wildman–Crippen LogP) is 1.31. The molecule has 2 nitrogen and oxygen atoms in total. The maximum atomic E-state index is 8.80. The fourth-order valence-corrected chi connectivity index (χ4v) is 1.28. The molecule has 1 aliphatic rings. The van der Waals surface area contributed by atoms with Gasteiger partial charge in [0.2, 0.25) is 0 Å². The molecule has 0 unspecified atom stereocenters. The zero-order valence-corrected chi connectivity index (χ0v) is 6.34. The Bertz CT molecular complexity index is 129. The normalized spacial score (nSPS) is 25.8. The van der Waals surface area contributed by atoms with Gasteiger partial charge in [0.1, 0.15) is 0 Å². The summed E-state index contributed by atoms with van der Waals surface area (Å²) in [5.74, 6) is 1.37. The van der Waals surface area contributed by atoms with Crippen LogP contribution in [0, 0.1) is 5.92 Å². The highest BCUT2D eigenvalue weighted by molar-refractivity contribution is 5.00. The Hall–Kier alpha value is -0.500. The molecule has 2 heteroatoms. The van der Waals surface area contributed by atoms with E-state index in [1.54, 1.807) is 7.11 Å². The van der Waals surface area contributed by atoms with Crippen LogP contribution < -0.4 is 0 Å². The van der Waals surface area contributed by atoms with E-state index in [1.165, 1.54) is 0 Å². The highest BCUT2D eigenvalue weighted by Crippen LogP contribution is 2.22. The Balaban J connectivity index is 2.48. The van der Waals surface area contributed by atoms with Gasteiger partial charge in [-0.3, -0.25) is 0 Å². The van der Waals surface area contributed by atoms with Gasteiger partial charge in [-0.2, -0.15) is 0 Å². The molecule has 58 valence electrons. The van der Waals surface area contributed by atoms with Crippen LogP contribution in [0.15, 0.2) is 11.8 Å². The maximum Gasteiger partial charge on any atom is 0.0919 e. The lowest BCUT2D eigenvalue weighted by molar-refractivity contribution is 0.212. The predicted molar refractivity (Wildman–Crippen MR) is 39.5 cm³/mol. The van der Waals surface area contributed by atoms with Crippen molar-refractivity contribution in [3.63, 3.8) is 0 Å². The van der Waals surface area contributed by atoms with Gasteiger partial charge in [0.25, 0.3) is 0 Å². The summed E-state index contributed by atoms with van der Waals surface area (Å²) in [6, 6.07) is 0. The summed E-state index contributed by atoms with van der Waals surface area (Å²) in [5.41, 5.74) is 0. The third kappa shape index (κ3) is 1.74. The molecule has 0 aromatic heterocycles. The zero-order chi connectivity index (χ0) is 7.40. The van der Waals surface area contributed by atoms with Crippen molar-refractivity contribution in [3.05, 3.63) is 11.8 Å². The van der Waals surface area contributed by atoms with Crippen LogP contribution in [0.3, 0.4) is 0 Å². The SMILES string of the molecule is COC1=C[C@H](CO)CCC1. The van der Waals surface area contributed by atoms with Gasteiger partial charge in [0.05, 0.1) is 12.9 Å². The fraction of sp³-hybridized carbons (Fsp3) is 0.750. The molecule has 0 heterocycles. The summed E-state index contributed by atoms with van der Waals surface area (Å²) in [6.07, 6.45) is 5.31. The molecule has 1 rings (SSSR count). The fourth-order valence-electron chi connectivity index (χ4n) is 1.28. The van der Waals surface area contributed by atoms with Crippen molar-refractivity contribution in [1.82, 2.24) is 0 Å². The molecule has 0 amide bonds. The number of rotatable bonds is 2. The average Bonchev–Trinajstić information content (AvgIpc) is 2.05. The number of hydrogen-bond acceptors (Lipinski definition) is 2. The van der Waals surface area contributed by atoms with Gasteiger partial charge in [-0.25, -0.2) is 0 Å². The molecule has 0 spiro atoms. The summed E-state index contributed by atoms with van der Waals surface area (Å²) in [7, 11) is 1.69. The van der Waals surface area contributed by atoms with E-state index < -0.39 is 0 Å². The molecule has 0 aromatic carbocycles. The smallest absolute Gasteiger partial charge is 0.0919 e. The summed E-state index contributed by atoms with van der Waals surface area (Å²) in [4.78, 5) is 0. The van der Waals surface area contributed by atoms with Crippen LogP contribution in [0.1, 0.15) is 19.3 Å². The standard InChI is InChI=1S/C8H14O2/c1-10-8-4-2-3-7(5-8)6-9/h5,7,9H,2-4,6H2,1H3/t7-/m1/s1. The van der Waals surface area contributed by atoms with Crippen LogP contribution in [0.5, 0.6) is 0 Å². The number of allylic oxidation sites excluding steroid dienone is 1. The molecular formula is C8H14O2. The Labute approximate surface area is 61.5 Å². The molecule has 1 aliphatic carbocycles. The summed E-state index contributed by atoms with van der Waals surface area (Å²) in [5, 5.41) is 8.80. The van der Waals surface area contributed by atoms with Crippen molar-refractivity contribution in [1.29, 1.82) is 0 Å². The molecule has 0 saturated heterocycles. The van der Waals surface area contributed by atoms with Crippen molar-refractivity contribution < 1.29 is 9.84 Å². The Kier molecular flexibility index (Phi) is 2.75. The molecular weight excluding hydrogens is 128 g/mol. The monoisotopic (exact) mass is 142 g/mol. The Morgan fingerprint density at radius 3 is 3.20 bits per heavy atom. The van der Waals surface area contributed by atoms with E-state index in [4.69, 9.17) is 9.84 Å². The quantitative estimate of drug-likeness (QED) is 0.630. The summed E-state index contributed by atoms with van der Waals surface area (Å²) in [6.45, 7) is 0.257. The van der Waals surface area contributed by atoms with E-state index >= 15 is 0 Å². The van der Waals surface area contributed by atoms with Crippen LogP contribution in [-0.2, 0) is 4.74 Å². The first-order chi connectivity index (χ1) is 4.86. The van der Waals surface area contributed by atoms with E-state index in [-0.39, 0.29) is 6.61 Å². The third-order valence-corrected chi connectivity index (χ3v) is 1.92. The van der Waals surface area contributed by atoms with Gasteiger partial charge < -0.3 is 9.84 Å². The lowest BCUT2D eigenvalue weighted by atomic mass is 9.95. The molecule has 0 bridgehead atoms. The second kappa shape index (κ2) is 3.62. The van der Waals surface area contributed by atoms with Crippen molar-refractivity contribution in [2.45, 2.75) is 19.3 Å². The van der Waals surface area contributed by atoms with Gasteiger partial charge in [-0.15, -0.1) is 0 Å². The van der Waals surface area contributed by atoms with Crippen LogP contribution in [0.25, 0.3) is 0 Å². The minimum Gasteiger partial charge on any atom is -0.501 e. The van der Waals surface area contributed by atoms with Gasteiger partial charge in [-0.05, 0) is 18.9 Å². The summed E-state index contributed by atoms with van der Waals surface area (Å²) < 4.78 is 5.07. The first-order valence-corrected chi connectivity index (χ1v) is 3.72. The summed E-state index contributed by atoms with van der Waals surface area (Å²) >= 11 is 0. The van der Waals surface area contributed by atoms with E-state index in [9.17, 15) is 0 Å². The number of aliphatic hydroxyl groups is 1. The lowest BCUT2D eigenvalue weighted by Gasteiger charge is -2.17. The van der Waals surface area contributed by atoms with Gasteiger partial charge in [-0.1, -0.05) is 0 Å². The number of methoxy groups -OCH3 is 1. The van der Waals surface area contributed by atoms with Gasteiger partial charge in [0.15, 0.2) is 0 Å². The molecule has 10 heavy (non-hydrogen) atoms. The van der Waals surface area contributed by atoms with E-state index in [0.717, 1.165) is 25.0 Å². The van der Waals surface area contributed by atoms with Crippen molar-refractivity contribution >= 4 is 0 Å². The number of ether oxygens (including phenoxy) is 1. The molecule has 0 saturated carbocycles. The van der Waals surface area contributed by atoms with Gasteiger partial charge in [0, 0.05) is 18.9 Å². The van der Waals surface area contributed by atoms with Crippen LogP contribution in [-0.4, -0.2) is 18.8 Å². The molecule has 0 aliphatic heterocycles. The Morgan fingerprint density at radius 1 is 1.80 bits per heavy atom. The highest BCUT2D eigenvalue weighted by atomic mass is 16.5. The molecule has 1 atom stereocenters. The molecule has 0 aromatic rings. The second-order valence-corrected chi connectivity index (χ2v) is 2.67. The van der Waals surface area contributed by atoms with E-state index in [0.29, 0.717) is 5.92 Å². The van der Waals surface area contributed by atoms with Crippen molar-refractivity contribution in [2.75, 3.05) is 13.7 Å². The van der Waals surface area contributed by atoms with E-state index in [2.05, 4.69) is 0 Å². The van der Waals surface area contributed by atoms with Crippen molar-refractivity contribution in [2.24, 2.45) is 5.92 Å². The second-order valence-electron chi connectivity index (χ2n) is 2.67. The maximum absolute atomic E-state index is 8.80. The first kappa shape index (κ1) is 7.61. The number of aliphatic hydroxyl groups excluding tert-OH is 1. The largest absolute Gasteiger partial charge is 0.501 e. The minimum absolute atomic E-state index is 0.257. The Morgan fingerprint density at radius 2 is 2.60 bits per heavy atom. The van der Waals surface area contributed by atoms with Crippen LogP contribution in [0.2, 0.25) is 0 Å².